The maximum atomic E-state index is 12.8. The first-order valence-electron chi connectivity index (χ1n) is 7.09. The molecule has 23 heavy (non-hydrogen) atoms. The van der Waals surface area contributed by atoms with Gasteiger partial charge in [-0.2, -0.15) is 5.10 Å². The van der Waals surface area contributed by atoms with E-state index in [1.165, 1.54) is 22.2 Å². The average Bonchev–Trinajstić information content (AvgIpc) is 3.00. The molecule has 0 aliphatic rings. The topological polar surface area (TPSA) is 76.9 Å². The average molecular weight is 350 g/mol. The Morgan fingerprint density at radius 1 is 1.22 bits per heavy atom. The summed E-state index contributed by atoms with van der Waals surface area (Å²) in [5.41, 5.74) is 0.935. The number of fused-ring (bicyclic) bond motifs is 1. The third-order valence-corrected chi connectivity index (χ3v) is 5.73. The SMILES string of the molecule is Cn1cc(S(=O)(=O)Nc2nc3ccccc3s2)c(C(C)(C)C)n1. The highest BCUT2D eigenvalue weighted by Crippen LogP contribution is 2.31. The number of benzene rings is 1. The van der Waals surface area contributed by atoms with Crippen LogP contribution in [0.25, 0.3) is 10.2 Å². The van der Waals surface area contributed by atoms with Crippen LogP contribution in [0.4, 0.5) is 5.13 Å². The lowest BCUT2D eigenvalue weighted by Crippen LogP contribution is -2.20. The molecule has 0 amide bonds. The molecule has 122 valence electrons. The Balaban J connectivity index is 2.02. The summed E-state index contributed by atoms with van der Waals surface area (Å²) in [5, 5.41) is 4.67. The second-order valence-electron chi connectivity index (χ2n) is 6.36. The summed E-state index contributed by atoms with van der Waals surface area (Å²) in [5.74, 6) is 0. The number of hydrogen-bond acceptors (Lipinski definition) is 5. The van der Waals surface area contributed by atoms with E-state index in [1.807, 2.05) is 45.0 Å². The number of aryl methyl sites for hydroxylation is 1. The lowest BCUT2D eigenvalue weighted by molar-refractivity contribution is 0.539. The summed E-state index contributed by atoms with van der Waals surface area (Å²) in [6.07, 6.45) is 1.52. The van der Waals surface area contributed by atoms with E-state index >= 15 is 0 Å². The molecule has 0 fully saturated rings. The normalized spacial score (nSPS) is 12.7. The molecule has 1 aromatic carbocycles. The predicted molar refractivity (Wildman–Crippen MR) is 92.3 cm³/mol. The molecule has 3 aromatic rings. The van der Waals surface area contributed by atoms with Gasteiger partial charge in [-0.1, -0.05) is 44.2 Å². The van der Waals surface area contributed by atoms with Gasteiger partial charge in [0, 0.05) is 18.7 Å². The molecular weight excluding hydrogens is 332 g/mol. The maximum absolute atomic E-state index is 12.8. The summed E-state index contributed by atoms with van der Waals surface area (Å²) in [7, 11) is -2.03. The number of hydrogen-bond donors (Lipinski definition) is 1. The highest BCUT2D eigenvalue weighted by molar-refractivity contribution is 7.93. The number of nitrogens with one attached hydrogen (secondary N) is 1. The Labute approximate surface area is 139 Å². The van der Waals surface area contributed by atoms with Gasteiger partial charge >= 0.3 is 0 Å². The van der Waals surface area contributed by atoms with Crippen LogP contribution in [0.3, 0.4) is 0 Å². The van der Waals surface area contributed by atoms with Crippen LogP contribution in [-0.2, 0) is 22.5 Å². The van der Waals surface area contributed by atoms with Gasteiger partial charge in [0.15, 0.2) is 5.13 Å². The highest BCUT2D eigenvalue weighted by atomic mass is 32.2. The first-order chi connectivity index (χ1) is 10.7. The molecule has 0 spiro atoms. The zero-order valence-electron chi connectivity index (χ0n) is 13.4. The minimum Gasteiger partial charge on any atom is -0.274 e. The molecule has 0 radical (unpaired) electrons. The number of sulfonamides is 1. The third-order valence-electron chi connectivity index (χ3n) is 3.31. The number of rotatable bonds is 3. The Morgan fingerprint density at radius 3 is 2.57 bits per heavy atom. The van der Waals surface area contributed by atoms with E-state index < -0.39 is 10.0 Å². The van der Waals surface area contributed by atoms with Crippen molar-refractivity contribution in [1.29, 1.82) is 0 Å². The fourth-order valence-electron chi connectivity index (χ4n) is 2.27. The standard InChI is InChI=1S/C15H18N4O2S2/c1-15(2,3)13-12(9-19(4)17-13)23(20,21)18-14-16-10-7-5-6-8-11(10)22-14/h5-9H,1-4H3,(H,16,18). The zero-order valence-corrected chi connectivity index (χ0v) is 15.0. The van der Waals surface area contributed by atoms with Gasteiger partial charge in [-0.25, -0.2) is 13.4 Å². The van der Waals surface area contributed by atoms with Crippen molar-refractivity contribution >= 4 is 36.7 Å². The first kappa shape index (κ1) is 15.9. The molecule has 0 aliphatic heterocycles. The van der Waals surface area contributed by atoms with E-state index in [0.717, 1.165) is 10.2 Å². The summed E-state index contributed by atoms with van der Waals surface area (Å²) in [4.78, 5) is 4.51. The van der Waals surface area contributed by atoms with Gasteiger partial charge in [-0.05, 0) is 12.1 Å². The van der Waals surface area contributed by atoms with Crippen molar-refractivity contribution in [2.75, 3.05) is 4.72 Å². The van der Waals surface area contributed by atoms with Crippen LogP contribution < -0.4 is 4.72 Å². The minimum atomic E-state index is -3.74. The van der Waals surface area contributed by atoms with Crippen molar-refractivity contribution in [1.82, 2.24) is 14.8 Å². The third kappa shape index (κ3) is 3.09. The quantitative estimate of drug-likeness (QED) is 0.787. The molecule has 0 aliphatic carbocycles. The van der Waals surface area contributed by atoms with Gasteiger partial charge in [0.25, 0.3) is 10.0 Å². The molecule has 0 bridgehead atoms. The molecule has 2 heterocycles. The van der Waals surface area contributed by atoms with E-state index in [4.69, 9.17) is 0 Å². The summed E-state index contributed by atoms with van der Waals surface area (Å²) >= 11 is 1.31. The van der Waals surface area contributed by atoms with Crippen molar-refractivity contribution in [3.63, 3.8) is 0 Å². The lowest BCUT2D eigenvalue weighted by atomic mass is 9.92. The monoisotopic (exact) mass is 350 g/mol. The molecule has 8 heteroatoms. The lowest BCUT2D eigenvalue weighted by Gasteiger charge is -2.17. The summed E-state index contributed by atoms with van der Waals surface area (Å²) in [6.45, 7) is 5.81. The Kier molecular flexibility index (Phi) is 3.68. The van der Waals surface area contributed by atoms with Crippen molar-refractivity contribution < 1.29 is 8.42 Å². The van der Waals surface area contributed by atoms with E-state index in [9.17, 15) is 8.42 Å². The summed E-state index contributed by atoms with van der Waals surface area (Å²) < 4.78 is 30.6. The molecule has 1 N–H and O–H groups in total. The number of para-hydroxylation sites is 1. The molecule has 6 nitrogen and oxygen atoms in total. The predicted octanol–water partition coefficient (Wildman–Crippen LogP) is 3.13. The number of nitrogens with zero attached hydrogens (tertiary/aromatic N) is 3. The summed E-state index contributed by atoms with van der Waals surface area (Å²) in [6, 6.07) is 7.54. The van der Waals surface area contributed by atoms with E-state index in [1.54, 1.807) is 7.05 Å². The van der Waals surface area contributed by atoms with Crippen LogP contribution in [0.15, 0.2) is 35.4 Å². The van der Waals surface area contributed by atoms with E-state index in [2.05, 4.69) is 14.8 Å². The van der Waals surface area contributed by atoms with Crippen molar-refractivity contribution in [3.05, 3.63) is 36.2 Å². The maximum Gasteiger partial charge on any atom is 0.267 e. The molecule has 2 aromatic heterocycles. The zero-order chi connectivity index (χ0) is 16.8. The van der Waals surface area contributed by atoms with Gasteiger partial charge in [-0.3, -0.25) is 9.40 Å². The molecule has 0 atom stereocenters. The van der Waals surface area contributed by atoms with Gasteiger partial charge in [-0.15, -0.1) is 0 Å². The van der Waals surface area contributed by atoms with Crippen molar-refractivity contribution in [2.24, 2.45) is 7.05 Å². The molecule has 0 unspecified atom stereocenters. The Morgan fingerprint density at radius 2 is 1.91 bits per heavy atom. The highest BCUT2D eigenvalue weighted by Gasteiger charge is 2.30. The van der Waals surface area contributed by atoms with Crippen molar-refractivity contribution in [2.45, 2.75) is 31.1 Å². The van der Waals surface area contributed by atoms with Gasteiger partial charge in [0.2, 0.25) is 0 Å². The van der Waals surface area contributed by atoms with E-state index in [0.29, 0.717) is 10.8 Å². The molecule has 0 saturated heterocycles. The van der Waals surface area contributed by atoms with Crippen LogP contribution in [0, 0.1) is 0 Å². The largest absolute Gasteiger partial charge is 0.274 e. The van der Waals surface area contributed by atoms with Gasteiger partial charge < -0.3 is 0 Å². The van der Waals surface area contributed by atoms with Crippen molar-refractivity contribution in [3.8, 4) is 0 Å². The van der Waals surface area contributed by atoms with Gasteiger partial charge in [0.1, 0.15) is 4.90 Å². The first-order valence-corrected chi connectivity index (χ1v) is 9.39. The number of thiazole rings is 1. The van der Waals surface area contributed by atoms with Crippen LogP contribution >= 0.6 is 11.3 Å². The van der Waals surface area contributed by atoms with E-state index in [-0.39, 0.29) is 10.3 Å². The second kappa shape index (κ2) is 5.31. The number of aromatic nitrogens is 3. The molecule has 0 saturated carbocycles. The molecule has 3 rings (SSSR count). The fraction of sp³-hybridized carbons (Fsp3) is 0.333. The smallest absolute Gasteiger partial charge is 0.267 e. The van der Waals surface area contributed by atoms with Crippen LogP contribution in [0.5, 0.6) is 0 Å². The Hall–Kier alpha value is -1.93. The van der Waals surface area contributed by atoms with Gasteiger partial charge in [0.05, 0.1) is 15.9 Å². The van der Waals surface area contributed by atoms with Crippen LogP contribution in [0.2, 0.25) is 0 Å². The minimum absolute atomic E-state index is 0.187. The second-order valence-corrected chi connectivity index (χ2v) is 9.04. The number of anilines is 1. The Bertz CT molecular complexity index is 932. The molecular formula is C15H18N4O2S2. The van der Waals surface area contributed by atoms with Crippen LogP contribution in [-0.4, -0.2) is 23.2 Å². The van der Waals surface area contributed by atoms with Crippen LogP contribution in [0.1, 0.15) is 26.5 Å². The fourth-order valence-corrected chi connectivity index (χ4v) is 4.76.